The smallest absolute Gasteiger partial charge is 0.184 e. The first-order valence-electron chi connectivity index (χ1n) is 5.59. The quantitative estimate of drug-likeness (QED) is 0.672. The van der Waals surface area contributed by atoms with Gasteiger partial charge in [-0.2, -0.15) is 0 Å². The second kappa shape index (κ2) is 4.54. The molecule has 3 nitrogen and oxygen atoms in total. The Labute approximate surface area is 122 Å². The predicted octanol–water partition coefficient (Wildman–Crippen LogP) is 4.29. The van der Waals surface area contributed by atoms with E-state index < -0.39 is 0 Å². The lowest BCUT2D eigenvalue weighted by atomic mass is 10.3. The number of rotatable bonds is 1. The lowest BCUT2D eigenvalue weighted by Gasteiger charge is -2.05. The minimum absolute atomic E-state index is 0.353. The van der Waals surface area contributed by atoms with E-state index in [0.717, 1.165) is 11.1 Å². The van der Waals surface area contributed by atoms with Gasteiger partial charge in [0.25, 0.3) is 0 Å². The molecule has 6 heteroatoms. The molecule has 0 saturated heterocycles. The molecule has 0 aliphatic carbocycles. The van der Waals surface area contributed by atoms with Crippen molar-refractivity contribution in [1.82, 2.24) is 14.5 Å². The Morgan fingerprint density at radius 3 is 2.89 bits per heavy atom. The third kappa shape index (κ3) is 2.11. The summed E-state index contributed by atoms with van der Waals surface area (Å²) in [5, 5.41) is 0. The van der Waals surface area contributed by atoms with E-state index in [0.29, 0.717) is 20.6 Å². The van der Waals surface area contributed by atoms with E-state index in [1.807, 2.05) is 13.0 Å². The molecule has 19 heavy (non-hydrogen) atoms. The van der Waals surface area contributed by atoms with E-state index in [-0.39, 0.29) is 5.82 Å². The van der Waals surface area contributed by atoms with E-state index in [1.54, 1.807) is 22.9 Å². The van der Waals surface area contributed by atoms with Crippen molar-refractivity contribution >= 4 is 39.3 Å². The van der Waals surface area contributed by atoms with Gasteiger partial charge in [0.2, 0.25) is 0 Å². The summed E-state index contributed by atoms with van der Waals surface area (Å²) in [6.45, 7) is 1.95. The molecule has 2 heterocycles. The summed E-state index contributed by atoms with van der Waals surface area (Å²) in [7, 11) is 0. The Bertz CT molecular complexity index is 838. The third-order valence-electron chi connectivity index (χ3n) is 2.81. The van der Waals surface area contributed by atoms with Crippen molar-refractivity contribution in [2.75, 3.05) is 0 Å². The number of aryl methyl sites for hydroxylation is 1. The maximum atomic E-state index is 14.1. The molecule has 1 N–H and O–H groups in total. The van der Waals surface area contributed by atoms with Crippen molar-refractivity contribution in [1.29, 1.82) is 0 Å². The van der Waals surface area contributed by atoms with Crippen LogP contribution in [0.5, 0.6) is 0 Å². The van der Waals surface area contributed by atoms with E-state index in [2.05, 4.69) is 25.9 Å². The first-order valence-corrected chi connectivity index (χ1v) is 6.79. The Morgan fingerprint density at radius 2 is 2.16 bits per heavy atom. The van der Waals surface area contributed by atoms with Crippen LogP contribution < -0.4 is 0 Å². The second-order valence-corrected chi connectivity index (χ2v) is 5.55. The van der Waals surface area contributed by atoms with Gasteiger partial charge in [-0.05, 0) is 49.0 Å². The Balaban J connectivity index is 2.36. The summed E-state index contributed by atoms with van der Waals surface area (Å²) in [6.07, 6.45) is 1.73. The van der Waals surface area contributed by atoms with Gasteiger partial charge in [-0.1, -0.05) is 15.9 Å². The topological polar surface area (TPSA) is 33.6 Å². The molecule has 0 fully saturated rings. The van der Waals surface area contributed by atoms with Gasteiger partial charge in [0.1, 0.15) is 5.82 Å². The van der Waals surface area contributed by atoms with Gasteiger partial charge >= 0.3 is 0 Å². The minimum atomic E-state index is -0.353. The van der Waals surface area contributed by atoms with Crippen LogP contribution in [0, 0.1) is 17.5 Å². The van der Waals surface area contributed by atoms with Crippen LogP contribution in [0.3, 0.4) is 0 Å². The Hall–Kier alpha value is -1.53. The highest BCUT2D eigenvalue weighted by atomic mass is 79.9. The highest BCUT2D eigenvalue weighted by Gasteiger charge is 2.12. The highest BCUT2D eigenvalue weighted by Crippen LogP contribution is 2.23. The molecule has 2 aromatic heterocycles. The molecule has 0 radical (unpaired) electrons. The lowest BCUT2D eigenvalue weighted by Crippen LogP contribution is -1.99. The number of pyridine rings is 1. The standard InChI is InChI=1S/C13H9BrFN3S/c1-7-4-10-12(16-6-7)18(13(19)17-10)11-3-2-8(14)5-9(11)15/h2-6H,1H3,(H,17,19). The number of fused-ring (bicyclic) bond motifs is 1. The number of hydrogen-bond donors (Lipinski definition) is 1. The monoisotopic (exact) mass is 337 g/mol. The van der Waals surface area contributed by atoms with Crippen LogP contribution in [0.2, 0.25) is 0 Å². The molecule has 0 spiro atoms. The minimum Gasteiger partial charge on any atom is -0.329 e. The fraction of sp³-hybridized carbons (Fsp3) is 0.0769. The zero-order valence-electron chi connectivity index (χ0n) is 9.95. The van der Waals surface area contributed by atoms with E-state index in [9.17, 15) is 4.39 Å². The molecule has 0 bridgehead atoms. The molecule has 0 aliphatic rings. The molecule has 0 aliphatic heterocycles. The summed E-state index contributed by atoms with van der Waals surface area (Å²) in [5.74, 6) is -0.353. The molecule has 0 atom stereocenters. The lowest BCUT2D eigenvalue weighted by molar-refractivity contribution is 0.617. The molecule has 0 unspecified atom stereocenters. The van der Waals surface area contributed by atoms with Crippen LogP contribution in [-0.2, 0) is 0 Å². The maximum Gasteiger partial charge on any atom is 0.184 e. The largest absolute Gasteiger partial charge is 0.329 e. The normalized spacial score (nSPS) is 11.1. The van der Waals surface area contributed by atoms with Crippen molar-refractivity contribution in [2.45, 2.75) is 6.92 Å². The number of H-pyrrole nitrogens is 1. The van der Waals surface area contributed by atoms with Crippen molar-refractivity contribution < 1.29 is 4.39 Å². The number of imidazole rings is 1. The van der Waals surface area contributed by atoms with Gasteiger partial charge in [0, 0.05) is 10.7 Å². The molecular formula is C13H9BrFN3S. The molecule has 3 aromatic rings. The number of aromatic nitrogens is 3. The van der Waals surface area contributed by atoms with Crippen molar-refractivity contribution in [3.8, 4) is 5.69 Å². The van der Waals surface area contributed by atoms with Gasteiger partial charge in [-0.15, -0.1) is 0 Å². The zero-order chi connectivity index (χ0) is 13.6. The third-order valence-corrected chi connectivity index (χ3v) is 3.59. The summed E-state index contributed by atoms with van der Waals surface area (Å²) in [6, 6.07) is 6.78. The van der Waals surface area contributed by atoms with Gasteiger partial charge in [-0.25, -0.2) is 9.37 Å². The first-order chi connectivity index (χ1) is 9.06. The number of halogens is 2. The highest BCUT2D eigenvalue weighted by molar-refractivity contribution is 9.10. The Morgan fingerprint density at radius 1 is 1.37 bits per heavy atom. The average molecular weight is 338 g/mol. The summed E-state index contributed by atoms with van der Waals surface area (Å²) in [5.41, 5.74) is 2.83. The molecule has 1 aromatic carbocycles. The first kappa shape index (κ1) is 12.5. The number of nitrogens with one attached hydrogen (secondary N) is 1. The molecule has 96 valence electrons. The number of aromatic amines is 1. The maximum absolute atomic E-state index is 14.1. The van der Waals surface area contributed by atoms with E-state index in [4.69, 9.17) is 12.2 Å². The molecule has 0 amide bonds. The van der Waals surface area contributed by atoms with Gasteiger partial charge < -0.3 is 4.98 Å². The van der Waals surface area contributed by atoms with E-state index >= 15 is 0 Å². The SMILES string of the molecule is Cc1cnc2c(c1)[nH]c(=S)n2-c1ccc(Br)cc1F. The van der Waals surface area contributed by atoms with E-state index in [1.165, 1.54) is 6.07 Å². The summed E-state index contributed by atoms with van der Waals surface area (Å²) in [4.78, 5) is 7.37. The predicted molar refractivity (Wildman–Crippen MR) is 78.6 cm³/mol. The summed E-state index contributed by atoms with van der Waals surface area (Å²) < 4.78 is 16.8. The Kier molecular flexibility index (Phi) is 2.99. The molecular weight excluding hydrogens is 329 g/mol. The fourth-order valence-electron chi connectivity index (χ4n) is 1.99. The van der Waals surface area contributed by atoms with Crippen LogP contribution in [-0.4, -0.2) is 14.5 Å². The molecule has 3 rings (SSSR count). The van der Waals surface area contributed by atoms with Crippen molar-refractivity contribution in [2.24, 2.45) is 0 Å². The van der Waals surface area contributed by atoms with Gasteiger partial charge in [-0.3, -0.25) is 4.57 Å². The van der Waals surface area contributed by atoms with Crippen LogP contribution >= 0.6 is 28.1 Å². The van der Waals surface area contributed by atoms with Gasteiger partial charge in [0.05, 0.1) is 11.2 Å². The number of hydrogen-bond acceptors (Lipinski definition) is 2. The van der Waals surface area contributed by atoms with Crippen molar-refractivity contribution in [3.63, 3.8) is 0 Å². The van der Waals surface area contributed by atoms with Crippen LogP contribution in [0.4, 0.5) is 4.39 Å². The number of benzene rings is 1. The second-order valence-electron chi connectivity index (χ2n) is 4.25. The van der Waals surface area contributed by atoms with Gasteiger partial charge in [0.15, 0.2) is 10.4 Å². The van der Waals surface area contributed by atoms with Crippen LogP contribution in [0.15, 0.2) is 34.9 Å². The summed E-state index contributed by atoms with van der Waals surface area (Å²) >= 11 is 8.50. The van der Waals surface area contributed by atoms with Crippen LogP contribution in [0.25, 0.3) is 16.9 Å². The average Bonchev–Trinajstić information content (AvgIpc) is 2.65. The van der Waals surface area contributed by atoms with Crippen molar-refractivity contribution in [3.05, 3.63) is 51.1 Å². The fourth-order valence-corrected chi connectivity index (χ4v) is 2.61. The molecule has 0 saturated carbocycles. The number of nitrogens with zero attached hydrogens (tertiary/aromatic N) is 2. The zero-order valence-corrected chi connectivity index (χ0v) is 12.3. The van der Waals surface area contributed by atoms with Crippen LogP contribution in [0.1, 0.15) is 5.56 Å².